The maximum Gasteiger partial charge on any atom is 0.416 e. The summed E-state index contributed by atoms with van der Waals surface area (Å²) < 4.78 is 69.0. The van der Waals surface area contributed by atoms with Crippen LogP contribution in [0.2, 0.25) is 0 Å². The van der Waals surface area contributed by atoms with E-state index in [4.69, 9.17) is 4.74 Å². The summed E-state index contributed by atoms with van der Waals surface area (Å²) >= 11 is 0. The van der Waals surface area contributed by atoms with Gasteiger partial charge in [0.2, 0.25) is 0 Å². The van der Waals surface area contributed by atoms with Crippen molar-refractivity contribution in [2.75, 3.05) is 26.0 Å². The van der Waals surface area contributed by atoms with E-state index in [0.29, 0.717) is 43.7 Å². The van der Waals surface area contributed by atoms with Crippen LogP contribution in [0.15, 0.2) is 77.7 Å². The molecule has 0 atom stereocenters. The van der Waals surface area contributed by atoms with E-state index in [9.17, 15) is 26.4 Å². The van der Waals surface area contributed by atoms with E-state index < -0.39 is 21.6 Å². The molecule has 0 aliphatic carbocycles. The summed E-state index contributed by atoms with van der Waals surface area (Å²) in [6.45, 7) is 1.83. The predicted molar refractivity (Wildman–Crippen MR) is 132 cm³/mol. The van der Waals surface area contributed by atoms with E-state index in [2.05, 4.69) is 4.90 Å². The Kier molecular flexibility index (Phi) is 9.28. The zero-order valence-corrected chi connectivity index (χ0v) is 20.7. The second-order valence-corrected chi connectivity index (χ2v) is 10.5. The van der Waals surface area contributed by atoms with Crippen molar-refractivity contribution in [3.63, 3.8) is 0 Å². The van der Waals surface area contributed by atoms with E-state index in [0.717, 1.165) is 24.3 Å². The zero-order chi connectivity index (χ0) is 26.2. The minimum atomic E-state index is -4.40. The normalized spacial score (nSPS) is 12.0. The highest BCUT2D eigenvalue weighted by Gasteiger charge is 2.30. The van der Waals surface area contributed by atoms with Crippen molar-refractivity contribution in [2.45, 2.75) is 30.5 Å². The molecule has 0 aromatic heterocycles. The van der Waals surface area contributed by atoms with Crippen LogP contribution in [0.5, 0.6) is 5.75 Å². The van der Waals surface area contributed by atoms with Crippen molar-refractivity contribution < 1.29 is 31.1 Å². The summed E-state index contributed by atoms with van der Waals surface area (Å²) in [6, 6.07) is 19.4. The summed E-state index contributed by atoms with van der Waals surface area (Å²) in [4.78, 5) is 13.1. The van der Waals surface area contributed by atoms with Gasteiger partial charge in [-0.1, -0.05) is 48.5 Å². The molecule has 5 nitrogen and oxygen atoms in total. The fourth-order valence-electron chi connectivity index (χ4n) is 3.81. The topological polar surface area (TPSA) is 63.7 Å². The largest absolute Gasteiger partial charge is 0.494 e. The standard InChI is InChI=1S/C27H28F3NO4S/c1-36(33,34)26-18-25(12-11-23(26)20-32)35-16-6-14-31(15-13-21-7-3-2-4-8-21)19-22-9-5-10-24(17-22)27(28,29)30/h2-5,7-12,17-18,20H,6,13-16,19H2,1H3. The number of nitrogens with zero attached hydrogens (tertiary/aromatic N) is 1. The third-order valence-electron chi connectivity index (χ3n) is 5.62. The number of hydrogen-bond acceptors (Lipinski definition) is 5. The molecule has 36 heavy (non-hydrogen) atoms. The second kappa shape index (κ2) is 12.2. The molecule has 3 aromatic carbocycles. The highest BCUT2D eigenvalue weighted by Crippen LogP contribution is 2.30. The van der Waals surface area contributed by atoms with Crippen LogP contribution in [-0.2, 0) is 29.0 Å². The van der Waals surface area contributed by atoms with Gasteiger partial charge in [0.05, 0.1) is 17.1 Å². The van der Waals surface area contributed by atoms with Crippen molar-refractivity contribution in [2.24, 2.45) is 0 Å². The Morgan fingerprint density at radius 3 is 2.31 bits per heavy atom. The van der Waals surface area contributed by atoms with Crippen molar-refractivity contribution in [1.82, 2.24) is 4.90 Å². The summed E-state index contributed by atoms with van der Waals surface area (Å²) in [5.74, 6) is 0.328. The first-order valence-corrected chi connectivity index (χ1v) is 13.3. The minimum absolute atomic E-state index is 0.0676. The van der Waals surface area contributed by atoms with Crippen LogP contribution in [0.4, 0.5) is 13.2 Å². The van der Waals surface area contributed by atoms with E-state index in [-0.39, 0.29) is 17.1 Å². The molecule has 0 saturated heterocycles. The molecule has 3 rings (SSSR count). The van der Waals surface area contributed by atoms with Crippen LogP contribution < -0.4 is 4.74 Å². The Labute approximate surface area is 209 Å². The van der Waals surface area contributed by atoms with E-state index >= 15 is 0 Å². The average molecular weight is 520 g/mol. The van der Waals surface area contributed by atoms with Crippen LogP contribution in [0.1, 0.15) is 33.5 Å². The number of rotatable bonds is 12. The fraction of sp³-hybridized carbons (Fsp3) is 0.296. The van der Waals surface area contributed by atoms with Gasteiger partial charge in [-0.05, 0) is 48.2 Å². The highest BCUT2D eigenvalue weighted by molar-refractivity contribution is 7.90. The Bertz CT molecular complexity index is 1260. The molecule has 9 heteroatoms. The number of hydrogen-bond donors (Lipinski definition) is 0. The molecule has 0 bridgehead atoms. The number of carbonyl (C=O) groups excluding carboxylic acids is 1. The van der Waals surface area contributed by atoms with Gasteiger partial charge in [-0.2, -0.15) is 13.2 Å². The van der Waals surface area contributed by atoms with Crippen LogP contribution in [0.3, 0.4) is 0 Å². The molecule has 192 valence electrons. The molecule has 0 unspecified atom stereocenters. The predicted octanol–water partition coefficient (Wildman–Crippen LogP) is 5.44. The maximum atomic E-state index is 13.1. The lowest BCUT2D eigenvalue weighted by Gasteiger charge is -2.23. The first-order chi connectivity index (χ1) is 17.1. The van der Waals surface area contributed by atoms with Gasteiger partial charge in [0.25, 0.3) is 0 Å². The molecule has 0 radical (unpaired) electrons. The molecule has 0 heterocycles. The van der Waals surface area contributed by atoms with Crippen LogP contribution in [0.25, 0.3) is 0 Å². The monoisotopic (exact) mass is 519 g/mol. The summed E-state index contributed by atoms with van der Waals surface area (Å²) in [5, 5.41) is 0. The maximum absolute atomic E-state index is 13.1. The van der Waals surface area contributed by atoms with Gasteiger partial charge in [0.15, 0.2) is 16.1 Å². The number of sulfone groups is 1. The molecule has 0 N–H and O–H groups in total. The van der Waals surface area contributed by atoms with Gasteiger partial charge in [0, 0.05) is 31.5 Å². The molecule has 0 spiro atoms. The number of aldehydes is 1. The van der Waals surface area contributed by atoms with Crippen molar-refractivity contribution in [3.05, 3.63) is 95.1 Å². The Balaban J connectivity index is 1.65. The number of alkyl halides is 3. The van der Waals surface area contributed by atoms with Gasteiger partial charge in [0.1, 0.15) is 5.75 Å². The molecule has 0 amide bonds. The lowest BCUT2D eigenvalue weighted by molar-refractivity contribution is -0.137. The average Bonchev–Trinajstić information content (AvgIpc) is 2.84. The first-order valence-electron chi connectivity index (χ1n) is 11.4. The van der Waals surface area contributed by atoms with Crippen LogP contribution in [0, 0.1) is 0 Å². The van der Waals surface area contributed by atoms with Crippen molar-refractivity contribution >= 4 is 16.1 Å². The molecule has 3 aromatic rings. The van der Waals surface area contributed by atoms with Gasteiger partial charge < -0.3 is 4.74 Å². The van der Waals surface area contributed by atoms with E-state index in [1.165, 1.54) is 30.3 Å². The fourth-order valence-corrected chi connectivity index (χ4v) is 4.68. The third kappa shape index (κ3) is 8.20. The molecule has 0 aliphatic heterocycles. The highest BCUT2D eigenvalue weighted by atomic mass is 32.2. The van der Waals surface area contributed by atoms with Crippen LogP contribution >= 0.6 is 0 Å². The van der Waals surface area contributed by atoms with Gasteiger partial charge in [-0.15, -0.1) is 0 Å². The lowest BCUT2D eigenvalue weighted by Crippen LogP contribution is -2.28. The number of benzene rings is 3. The Morgan fingerprint density at radius 2 is 1.64 bits per heavy atom. The van der Waals surface area contributed by atoms with E-state index in [1.807, 2.05) is 30.3 Å². The SMILES string of the molecule is CS(=O)(=O)c1cc(OCCCN(CCc2ccccc2)Cc2cccc(C(F)(F)F)c2)ccc1C=O. The van der Waals surface area contributed by atoms with Crippen molar-refractivity contribution in [3.8, 4) is 5.75 Å². The second-order valence-electron chi connectivity index (χ2n) is 8.50. The number of carbonyl (C=O) groups is 1. The Morgan fingerprint density at radius 1 is 0.917 bits per heavy atom. The van der Waals surface area contributed by atoms with Crippen LogP contribution in [-0.4, -0.2) is 45.6 Å². The van der Waals surface area contributed by atoms with Crippen molar-refractivity contribution in [1.29, 1.82) is 0 Å². The van der Waals surface area contributed by atoms with E-state index in [1.54, 1.807) is 6.07 Å². The van der Waals surface area contributed by atoms with Gasteiger partial charge >= 0.3 is 6.18 Å². The quantitative estimate of drug-likeness (QED) is 0.236. The molecular formula is C27H28F3NO4S. The first kappa shape index (κ1) is 27.4. The summed E-state index contributed by atoms with van der Waals surface area (Å²) in [6.07, 6.45) is -1.58. The summed E-state index contributed by atoms with van der Waals surface area (Å²) in [7, 11) is -3.59. The van der Waals surface area contributed by atoms with Gasteiger partial charge in [-0.3, -0.25) is 9.69 Å². The third-order valence-corrected chi connectivity index (χ3v) is 6.77. The minimum Gasteiger partial charge on any atom is -0.494 e. The summed E-state index contributed by atoms with van der Waals surface area (Å²) in [5.41, 5.74) is 1.09. The zero-order valence-electron chi connectivity index (χ0n) is 19.9. The number of halogens is 3. The lowest BCUT2D eigenvalue weighted by atomic mass is 10.1. The molecule has 0 saturated carbocycles. The smallest absolute Gasteiger partial charge is 0.416 e. The molecule has 0 aliphatic rings. The Hall–Kier alpha value is -3.17. The molecular weight excluding hydrogens is 491 g/mol. The number of ether oxygens (including phenoxy) is 1. The van der Waals surface area contributed by atoms with Gasteiger partial charge in [-0.25, -0.2) is 8.42 Å². The molecule has 0 fully saturated rings.